The maximum absolute atomic E-state index is 14.8. The molecule has 5 nitrogen and oxygen atoms in total. The van der Waals surface area contributed by atoms with Gasteiger partial charge in [-0.2, -0.15) is 12.7 Å². The molecule has 1 aromatic rings. The zero-order valence-corrected chi connectivity index (χ0v) is 10.8. The highest BCUT2D eigenvalue weighted by Crippen LogP contribution is 2.40. The average Bonchev–Trinajstić information content (AvgIpc) is 2.73. The first-order valence-corrected chi connectivity index (χ1v) is 6.97. The summed E-state index contributed by atoms with van der Waals surface area (Å²) in [6.45, 7) is -0.195. The van der Waals surface area contributed by atoms with Crippen molar-refractivity contribution in [3.05, 3.63) is 29.8 Å². The van der Waals surface area contributed by atoms with Crippen molar-refractivity contribution < 1.29 is 17.5 Å². The van der Waals surface area contributed by atoms with Crippen LogP contribution in [0.3, 0.4) is 0 Å². The molecule has 7 heteroatoms. The van der Waals surface area contributed by atoms with E-state index in [0.717, 1.165) is 4.31 Å². The maximum Gasteiger partial charge on any atom is 0.277 e. The zero-order valence-electron chi connectivity index (χ0n) is 9.97. The second-order valence-corrected chi connectivity index (χ2v) is 5.84. The van der Waals surface area contributed by atoms with Gasteiger partial charge < -0.3 is 4.74 Å². The summed E-state index contributed by atoms with van der Waals surface area (Å²) in [6, 6.07) is 6.68. The minimum Gasteiger partial charge on any atom is -0.496 e. The molecule has 0 amide bonds. The van der Waals surface area contributed by atoms with Crippen molar-refractivity contribution in [1.29, 1.82) is 0 Å². The summed E-state index contributed by atoms with van der Waals surface area (Å²) in [7, 11) is -2.40. The molecule has 1 saturated heterocycles. The van der Waals surface area contributed by atoms with Gasteiger partial charge in [0.25, 0.3) is 10.2 Å². The van der Waals surface area contributed by atoms with E-state index in [1.807, 2.05) is 0 Å². The number of para-hydroxylation sites is 1. The predicted octanol–water partition coefficient (Wildman–Crippen LogP) is 0.769. The number of halogens is 1. The van der Waals surface area contributed by atoms with E-state index in [2.05, 4.69) is 0 Å². The summed E-state index contributed by atoms with van der Waals surface area (Å²) in [5.41, 5.74) is -1.39. The fourth-order valence-electron chi connectivity index (χ4n) is 2.19. The third kappa shape index (κ3) is 2.33. The average molecular weight is 274 g/mol. The molecule has 18 heavy (non-hydrogen) atoms. The number of hydrogen-bond donors (Lipinski definition) is 1. The SMILES string of the molecule is COc1ccccc1C1(F)CCN(S(N)(=O)=O)C1. The molecule has 1 aliphatic rings. The highest BCUT2D eigenvalue weighted by atomic mass is 32.2. The number of methoxy groups -OCH3 is 1. The molecule has 1 unspecified atom stereocenters. The van der Waals surface area contributed by atoms with Gasteiger partial charge in [-0.05, 0) is 6.07 Å². The molecule has 0 aromatic heterocycles. The molecule has 0 aliphatic carbocycles. The number of rotatable bonds is 3. The highest BCUT2D eigenvalue weighted by molar-refractivity contribution is 7.86. The number of nitrogens with two attached hydrogens (primary N) is 1. The summed E-state index contributed by atoms with van der Waals surface area (Å²) < 4.78 is 43.3. The Morgan fingerprint density at radius 3 is 2.67 bits per heavy atom. The van der Waals surface area contributed by atoms with Crippen molar-refractivity contribution in [3.8, 4) is 5.75 Å². The van der Waals surface area contributed by atoms with Gasteiger partial charge in [-0.25, -0.2) is 9.53 Å². The zero-order chi connectivity index (χ0) is 13.4. The number of benzene rings is 1. The van der Waals surface area contributed by atoms with Crippen LogP contribution in [0.5, 0.6) is 5.75 Å². The molecule has 1 aliphatic heterocycles. The van der Waals surface area contributed by atoms with Gasteiger partial charge in [0.1, 0.15) is 5.75 Å². The van der Waals surface area contributed by atoms with Crippen LogP contribution in [0.1, 0.15) is 12.0 Å². The van der Waals surface area contributed by atoms with Crippen LogP contribution >= 0.6 is 0 Å². The van der Waals surface area contributed by atoms with Crippen molar-refractivity contribution in [2.24, 2.45) is 5.14 Å². The fraction of sp³-hybridized carbons (Fsp3) is 0.455. The second kappa shape index (κ2) is 4.49. The first-order valence-electron chi connectivity index (χ1n) is 5.47. The Hall–Kier alpha value is -1.18. The van der Waals surface area contributed by atoms with Crippen LogP contribution in [0.2, 0.25) is 0 Å². The van der Waals surface area contributed by atoms with Crippen LogP contribution in [0.15, 0.2) is 24.3 Å². The topological polar surface area (TPSA) is 72.6 Å². The summed E-state index contributed by atoms with van der Waals surface area (Å²) in [6.07, 6.45) is 0.0732. The summed E-state index contributed by atoms with van der Waals surface area (Å²) in [5.74, 6) is 0.413. The van der Waals surface area contributed by atoms with Gasteiger partial charge in [0.05, 0.1) is 13.7 Å². The molecule has 0 spiro atoms. The number of ether oxygens (including phenoxy) is 1. The normalized spacial score (nSPS) is 25.3. The van der Waals surface area contributed by atoms with Gasteiger partial charge >= 0.3 is 0 Å². The first kappa shape index (κ1) is 13.3. The molecule has 0 saturated carbocycles. The Morgan fingerprint density at radius 1 is 1.44 bits per heavy atom. The molecule has 100 valence electrons. The van der Waals surface area contributed by atoms with Crippen molar-refractivity contribution in [3.63, 3.8) is 0 Å². The summed E-state index contributed by atoms with van der Waals surface area (Å²) in [5, 5.41) is 5.01. The van der Waals surface area contributed by atoms with Gasteiger partial charge in [0.15, 0.2) is 5.67 Å². The van der Waals surface area contributed by atoms with Crippen molar-refractivity contribution in [2.45, 2.75) is 12.1 Å². The van der Waals surface area contributed by atoms with Gasteiger partial charge in [-0.15, -0.1) is 0 Å². The first-order chi connectivity index (χ1) is 8.37. The molecule has 0 radical (unpaired) electrons. The van der Waals surface area contributed by atoms with E-state index >= 15 is 0 Å². The predicted molar refractivity (Wildman–Crippen MR) is 65.1 cm³/mol. The molecule has 1 heterocycles. The lowest BCUT2D eigenvalue weighted by molar-refractivity contribution is 0.177. The van der Waals surface area contributed by atoms with E-state index in [9.17, 15) is 12.8 Å². The molecule has 1 aromatic carbocycles. The minimum absolute atomic E-state index is 0.0732. The molecular formula is C11H15FN2O3S. The third-order valence-electron chi connectivity index (χ3n) is 3.13. The van der Waals surface area contributed by atoms with Crippen LogP contribution in [0.25, 0.3) is 0 Å². The smallest absolute Gasteiger partial charge is 0.277 e. The van der Waals surface area contributed by atoms with Crippen molar-refractivity contribution >= 4 is 10.2 Å². The monoisotopic (exact) mass is 274 g/mol. The second-order valence-electron chi connectivity index (χ2n) is 4.29. The van der Waals surface area contributed by atoms with Crippen LogP contribution in [-0.2, 0) is 15.9 Å². The van der Waals surface area contributed by atoms with Crippen LogP contribution < -0.4 is 9.88 Å². The standard InChI is InChI=1S/C11H15FN2O3S/c1-17-10-5-3-2-4-9(10)11(12)6-7-14(8-11)18(13,15)16/h2-5H,6-8H2,1H3,(H2,13,15,16). The molecule has 2 N–H and O–H groups in total. The number of alkyl halides is 1. The Bertz CT molecular complexity index is 549. The van der Waals surface area contributed by atoms with E-state index < -0.39 is 15.9 Å². The van der Waals surface area contributed by atoms with E-state index in [-0.39, 0.29) is 19.5 Å². The van der Waals surface area contributed by atoms with E-state index in [0.29, 0.717) is 11.3 Å². The Labute approximate surface area is 106 Å². The Kier molecular flexibility index (Phi) is 3.31. The largest absolute Gasteiger partial charge is 0.496 e. The number of hydrogen-bond acceptors (Lipinski definition) is 3. The van der Waals surface area contributed by atoms with Gasteiger partial charge in [-0.1, -0.05) is 18.2 Å². The lowest BCUT2D eigenvalue weighted by Gasteiger charge is -2.22. The van der Waals surface area contributed by atoms with Gasteiger partial charge in [0.2, 0.25) is 0 Å². The van der Waals surface area contributed by atoms with E-state index in [1.165, 1.54) is 7.11 Å². The molecular weight excluding hydrogens is 259 g/mol. The van der Waals surface area contributed by atoms with E-state index in [4.69, 9.17) is 9.88 Å². The summed E-state index contributed by atoms with van der Waals surface area (Å²) in [4.78, 5) is 0. The van der Waals surface area contributed by atoms with Crippen molar-refractivity contribution in [1.82, 2.24) is 4.31 Å². The lowest BCUT2D eigenvalue weighted by atomic mass is 9.94. The van der Waals surface area contributed by atoms with Crippen molar-refractivity contribution in [2.75, 3.05) is 20.2 Å². The molecule has 1 fully saturated rings. The highest BCUT2D eigenvalue weighted by Gasteiger charge is 2.44. The fourth-order valence-corrected chi connectivity index (χ4v) is 2.92. The van der Waals surface area contributed by atoms with Crippen LogP contribution in [0.4, 0.5) is 4.39 Å². The number of nitrogens with zero attached hydrogens (tertiary/aromatic N) is 1. The lowest BCUT2D eigenvalue weighted by Crippen LogP contribution is -2.37. The van der Waals surface area contributed by atoms with Gasteiger partial charge in [0, 0.05) is 18.5 Å². The van der Waals surface area contributed by atoms with Gasteiger partial charge in [-0.3, -0.25) is 0 Å². The molecule has 1 atom stereocenters. The van der Waals surface area contributed by atoms with Crippen LogP contribution in [0, 0.1) is 0 Å². The molecule has 0 bridgehead atoms. The van der Waals surface area contributed by atoms with Crippen LogP contribution in [-0.4, -0.2) is 32.9 Å². The Morgan fingerprint density at radius 2 is 2.11 bits per heavy atom. The Balaban J connectivity index is 2.34. The quantitative estimate of drug-likeness (QED) is 0.884. The van der Waals surface area contributed by atoms with E-state index in [1.54, 1.807) is 24.3 Å². The molecule has 2 rings (SSSR count). The third-order valence-corrected chi connectivity index (χ3v) is 4.17. The minimum atomic E-state index is -3.85. The maximum atomic E-state index is 14.8. The summed E-state index contributed by atoms with van der Waals surface area (Å²) >= 11 is 0.